The zero-order valence-electron chi connectivity index (χ0n) is 12.4. The third kappa shape index (κ3) is 2.93. The van der Waals surface area contributed by atoms with E-state index in [1.54, 1.807) is 0 Å². The Morgan fingerprint density at radius 2 is 2.14 bits per heavy atom. The van der Waals surface area contributed by atoms with E-state index in [1.165, 1.54) is 23.3 Å². The van der Waals surface area contributed by atoms with E-state index in [2.05, 4.69) is 29.4 Å². The van der Waals surface area contributed by atoms with Crippen molar-refractivity contribution < 1.29 is 9.18 Å². The van der Waals surface area contributed by atoms with Crippen molar-refractivity contribution in [1.29, 1.82) is 0 Å². The average molecular weight is 299 g/mol. The predicted molar refractivity (Wildman–Crippen MR) is 83.1 cm³/mol. The Morgan fingerprint density at radius 3 is 2.86 bits per heavy atom. The van der Waals surface area contributed by atoms with Gasteiger partial charge in [0.25, 0.3) is 0 Å². The minimum atomic E-state index is -0.419. The van der Waals surface area contributed by atoms with Gasteiger partial charge in [0, 0.05) is 6.54 Å². The minimum Gasteiger partial charge on any atom is -0.317 e. The van der Waals surface area contributed by atoms with E-state index in [1.807, 2.05) is 17.0 Å². The Kier molecular flexibility index (Phi) is 4.04. The van der Waals surface area contributed by atoms with Gasteiger partial charge in [-0.3, -0.25) is 5.32 Å². The zero-order valence-corrected chi connectivity index (χ0v) is 12.4. The fraction of sp³-hybridized carbons (Fsp3) is 0.294. The molecule has 0 radical (unpaired) electrons. The van der Waals surface area contributed by atoms with E-state index in [0.717, 1.165) is 19.0 Å². The second kappa shape index (κ2) is 6.13. The van der Waals surface area contributed by atoms with Gasteiger partial charge in [0.15, 0.2) is 0 Å². The summed E-state index contributed by atoms with van der Waals surface area (Å²) in [5.74, 6) is -0.0567. The van der Waals surface area contributed by atoms with Crippen molar-refractivity contribution in [3.05, 3.63) is 59.5 Å². The number of rotatable bonds is 2. The maximum absolute atomic E-state index is 12.9. The van der Waals surface area contributed by atoms with Gasteiger partial charge in [-0.1, -0.05) is 24.3 Å². The van der Waals surface area contributed by atoms with Gasteiger partial charge in [0.05, 0.1) is 12.2 Å². The van der Waals surface area contributed by atoms with Crippen LogP contribution in [0.5, 0.6) is 0 Å². The molecule has 1 saturated heterocycles. The summed E-state index contributed by atoms with van der Waals surface area (Å²) in [6, 6.07) is 10.8. The van der Waals surface area contributed by atoms with Crippen LogP contribution < -0.4 is 5.32 Å². The van der Waals surface area contributed by atoms with E-state index < -0.39 is 5.82 Å². The Labute approximate surface area is 129 Å². The fourth-order valence-electron chi connectivity index (χ4n) is 2.92. The lowest BCUT2D eigenvalue weighted by Crippen LogP contribution is -2.34. The molecule has 114 valence electrons. The number of aryl methyl sites for hydroxylation is 1. The standard InChI is InChI=1S/C17H18FN3O/c1-12-5-2-3-6-14(12)15-7-4-10-21(15)17(22)20-16-9-8-13(18)11-19-16/h2-3,5-6,8-9,11,15H,4,7,10H2,1H3,(H,19,20,22)/t15-/m0/s1. The fourth-order valence-corrected chi connectivity index (χ4v) is 2.92. The van der Waals surface area contributed by atoms with Gasteiger partial charge < -0.3 is 4.90 Å². The van der Waals surface area contributed by atoms with E-state index in [9.17, 15) is 9.18 Å². The molecule has 1 aliphatic heterocycles. The molecule has 5 heteroatoms. The van der Waals surface area contributed by atoms with E-state index in [0.29, 0.717) is 12.4 Å². The molecule has 1 N–H and O–H groups in total. The number of nitrogens with one attached hydrogen (secondary N) is 1. The molecule has 4 nitrogen and oxygen atoms in total. The molecule has 1 atom stereocenters. The van der Waals surface area contributed by atoms with Gasteiger partial charge in [-0.25, -0.2) is 14.2 Å². The smallest absolute Gasteiger partial charge is 0.317 e. The lowest BCUT2D eigenvalue weighted by atomic mass is 9.99. The second-order valence-corrected chi connectivity index (χ2v) is 5.50. The van der Waals surface area contributed by atoms with Gasteiger partial charge in [-0.2, -0.15) is 0 Å². The Hall–Kier alpha value is -2.43. The van der Waals surface area contributed by atoms with Crippen LogP contribution in [0, 0.1) is 12.7 Å². The highest BCUT2D eigenvalue weighted by atomic mass is 19.1. The third-order valence-corrected chi connectivity index (χ3v) is 4.02. The van der Waals surface area contributed by atoms with E-state index in [4.69, 9.17) is 0 Å². The first kappa shape index (κ1) is 14.5. The first-order chi connectivity index (χ1) is 10.6. The van der Waals surface area contributed by atoms with Crippen molar-refractivity contribution in [3.8, 4) is 0 Å². The Bertz CT molecular complexity index is 672. The largest absolute Gasteiger partial charge is 0.323 e. The maximum Gasteiger partial charge on any atom is 0.323 e. The minimum absolute atomic E-state index is 0.0849. The van der Waals surface area contributed by atoms with Crippen molar-refractivity contribution in [3.63, 3.8) is 0 Å². The number of hydrogen-bond donors (Lipinski definition) is 1. The number of hydrogen-bond acceptors (Lipinski definition) is 2. The number of likely N-dealkylation sites (tertiary alicyclic amines) is 1. The normalized spacial score (nSPS) is 17.5. The molecule has 0 unspecified atom stereocenters. The molecule has 1 aliphatic rings. The van der Waals surface area contributed by atoms with Crippen molar-refractivity contribution in [2.75, 3.05) is 11.9 Å². The molecule has 1 aromatic carbocycles. The highest BCUT2D eigenvalue weighted by Gasteiger charge is 2.30. The van der Waals surface area contributed by atoms with Crippen LogP contribution in [0.4, 0.5) is 15.0 Å². The van der Waals surface area contributed by atoms with Crippen molar-refractivity contribution in [2.45, 2.75) is 25.8 Å². The molecule has 22 heavy (non-hydrogen) atoms. The molecular weight excluding hydrogens is 281 g/mol. The highest BCUT2D eigenvalue weighted by Crippen LogP contribution is 2.33. The molecule has 0 aliphatic carbocycles. The number of nitrogens with zero attached hydrogens (tertiary/aromatic N) is 2. The predicted octanol–water partition coefficient (Wildman–Crippen LogP) is 3.90. The van der Waals surface area contributed by atoms with E-state index >= 15 is 0 Å². The molecule has 2 heterocycles. The first-order valence-corrected chi connectivity index (χ1v) is 7.40. The summed E-state index contributed by atoms with van der Waals surface area (Å²) in [6.45, 7) is 2.78. The molecule has 0 saturated carbocycles. The SMILES string of the molecule is Cc1ccccc1[C@@H]1CCCN1C(=O)Nc1ccc(F)cn1. The zero-order chi connectivity index (χ0) is 15.5. The average Bonchev–Trinajstić information content (AvgIpc) is 2.99. The van der Waals surface area contributed by atoms with Gasteiger partial charge in [-0.05, 0) is 43.0 Å². The molecule has 0 bridgehead atoms. The van der Waals surface area contributed by atoms with Gasteiger partial charge in [0.2, 0.25) is 0 Å². The molecule has 2 amide bonds. The van der Waals surface area contributed by atoms with Crippen LogP contribution in [0.15, 0.2) is 42.6 Å². The van der Waals surface area contributed by atoms with Crippen LogP contribution in [-0.2, 0) is 0 Å². The third-order valence-electron chi connectivity index (χ3n) is 4.02. The number of benzene rings is 1. The molecule has 1 aromatic heterocycles. The summed E-state index contributed by atoms with van der Waals surface area (Å²) in [4.78, 5) is 18.2. The van der Waals surface area contributed by atoms with Crippen LogP contribution >= 0.6 is 0 Å². The summed E-state index contributed by atoms with van der Waals surface area (Å²) < 4.78 is 12.9. The lowest BCUT2D eigenvalue weighted by molar-refractivity contribution is 0.207. The van der Waals surface area contributed by atoms with Gasteiger partial charge >= 0.3 is 6.03 Å². The second-order valence-electron chi connectivity index (χ2n) is 5.50. The first-order valence-electron chi connectivity index (χ1n) is 7.40. The molecular formula is C17H18FN3O. The topological polar surface area (TPSA) is 45.2 Å². The number of aromatic nitrogens is 1. The number of pyridine rings is 1. The Morgan fingerprint density at radius 1 is 1.32 bits per heavy atom. The van der Waals surface area contributed by atoms with Crippen molar-refractivity contribution in [2.24, 2.45) is 0 Å². The van der Waals surface area contributed by atoms with Crippen molar-refractivity contribution >= 4 is 11.8 Å². The molecule has 3 rings (SSSR count). The monoisotopic (exact) mass is 299 g/mol. The van der Waals surface area contributed by atoms with Crippen LogP contribution in [0.25, 0.3) is 0 Å². The van der Waals surface area contributed by atoms with E-state index in [-0.39, 0.29) is 12.1 Å². The number of carbonyl (C=O) groups excluding carboxylic acids is 1. The number of carbonyl (C=O) groups is 1. The molecule has 2 aromatic rings. The van der Waals surface area contributed by atoms with Gasteiger partial charge in [-0.15, -0.1) is 0 Å². The van der Waals surface area contributed by atoms with Crippen molar-refractivity contribution in [1.82, 2.24) is 9.88 Å². The Balaban J connectivity index is 1.76. The lowest BCUT2D eigenvalue weighted by Gasteiger charge is -2.26. The van der Waals surface area contributed by atoms with Crippen LogP contribution in [0.2, 0.25) is 0 Å². The van der Waals surface area contributed by atoms with Crippen LogP contribution in [0.3, 0.4) is 0 Å². The molecule has 1 fully saturated rings. The summed E-state index contributed by atoms with van der Waals surface area (Å²) >= 11 is 0. The maximum atomic E-state index is 12.9. The summed E-state index contributed by atoms with van der Waals surface area (Å²) in [5, 5.41) is 2.74. The summed E-state index contributed by atoms with van der Waals surface area (Å²) in [5.41, 5.74) is 2.37. The number of anilines is 1. The quantitative estimate of drug-likeness (QED) is 0.914. The number of amides is 2. The van der Waals surface area contributed by atoms with Gasteiger partial charge in [0.1, 0.15) is 11.6 Å². The van der Waals surface area contributed by atoms with Crippen LogP contribution in [0.1, 0.15) is 30.0 Å². The number of halogens is 1. The molecule has 0 spiro atoms. The highest BCUT2D eigenvalue weighted by molar-refractivity contribution is 5.88. The summed E-state index contributed by atoms with van der Waals surface area (Å²) in [7, 11) is 0. The summed E-state index contributed by atoms with van der Waals surface area (Å²) in [6.07, 6.45) is 3.02. The number of urea groups is 1. The van der Waals surface area contributed by atoms with Crippen LogP contribution in [-0.4, -0.2) is 22.5 Å².